The molecule has 0 fully saturated rings. The van der Waals surface area contributed by atoms with E-state index in [2.05, 4.69) is 15.8 Å². The van der Waals surface area contributed by atoms with Gasteiger partial charge in [0.25, 0.3) is 5.91 Å². The molecule has 1 heterocycles. The van der Waals surface area contributed by atoms with Crippen LogP contribution in [0.1, 0.15) is 12.5 Å². The number of rotatable bonds is 8. The molecule has 1 aromatic heterocycles. The highest BCUT2D eigenvalue weighted by molar-refractivity contribution is 7.98. The van der Waals surface area contributed by atoms with Crippen LogP contribution in [-0.4, -0.2) is 36.2 Å². The summed E-state index contributed by atoms with van der Waals surface area (Å²) < 4.78 is 14.0. The first-order valence-corrected chi connectivity index (χ1v) is 11.3. The molecule has 28 heavy (non-hydrogen) atoms. The lowest BCUT2D eigenvalue weighted by atomic mass is 10.1. The van der Waals surface area contributed by atoms with Crippen molar-refractivity contribution in [1.29, 1.82) is 0 Å². The molecular formula is C21H24N2O3S2. The van der Waals surface area contributed by atoms with Crippen molar-refractivity contribution in [1.82, 2.24) is 4.57 Å². The van der Waals surface area contributed by atoms with E-state index >= 15 is 0 Å². The van der Waals surface area contributed by atoms with E-state index in [1.807, 2.05) is 49.4 Å². The number of aryl methyl sites for hydroxylation is 1. The second kappa shape index (κ2) is 9.80. The molecule has 0 aliphatic carbocycles. The fraction of sp³-hybridized carbons (Fsp3) is 0.333. The SMILES string of the molecule is CCOc1ccc(CC(=O)N=c2sc3cc(OC)ccc3n2CCSC)cc1. The highest BCUT2D eigenvalue weighted by Gasteiger charge is 2.10. The minimum Gasteiger partial charge on any atom is -0.497 e. The Balaban J connectivity index is 1.89. The molecule has 0 atom stereocenters. The van der Waals surface area contributed by atoms with Crippen molar-refractivity contribution in [2.45, 2.75) is 19.9 Å². The number of methoxy groups -OCH3 is 1. The van der Waals surface area contributed by atoms with Gasteiger partial charge in [0, 0.05) is 12.3 Å². The molecule has 0 aliphatic rings. The molecule has 0 unspecified atom stereocenters. The van der Waals surface area contributed by atoms with Gasteiger partial charge in [-0.15, -0.1) is 0 Å². The van der Waals surface area contributed by atoms with E-state index in [1.54, 1.807) is 18.9 Å². The molecule has 0 N–H and O–H groups in total. The van der Waals surface area contributed by atoms with E-state index < -0.39 is 0 Å². The van der Waals surface area contributed by atoms with Crippen LogP contribution < -0.4 is 14.3 Å². The summed E-state index contributed by atoms with van der Waals surface area (Å²) >= 11 is 3.29. The van der Waals surface area contributed by atoms with Gasteiger partial charge in [-0.05, 0) is 49.1 Å². The van der Waals surface area contributed by atoms with E-state index in [4.69, 9.17) is 9.47 Å². The van der Waals surface area contributed by atoms with Gasteiger partial charge in [0.2, 0.25) is 0 Å². The molecule has 5 nitrogen and oxygen atoms in total. The van der Waals surface area contributed by atoms with E-state index in [0.717, 1.165) is 44.4 Å². The van der Waals surface area contributed by atoms with E-state index in [0.29, 0.717) is 6.61 Å². The van der Waals surface area contributed by atoms with Crippen molar-refractivity contribution in [3.63, 3.8) is 0 Å². The molecule has 0 bridgehead atoms. The summed E-state index contributed by atoms with van der Waals surface area (Å²) in [4.78, 5) is 17.7. The predicted molar refractivity (Wildman–Crippen MR) is 117 cm³/mol. The van der Waals surface area contributed by atoms with Crippen LogP contribution in [0.15, 0.2) is 47.5 Å². The summed E-state index contributed by atoms with van der Waals surface area (Å²) in [5.74, 6) is 2.42. The Labute approximate surface area is 173 Å². The Bertz CT molecular complexity index is 1010. The van der Waals surface area contributed by atoms with Gasteiger partial charge in [-0.3, -0.25) is 4.79 Å². The number of aromatic nitrogens is 1. The molecular weight excluding hydrogens is 392 g/mol. The highest BCUT2D eigenvalue weighted by Crippen LogP contribution is 2.23. The van der Waals surface area contributed by atoms with Crippen LogP contribution in [0, 0.1) is 0 Å². The number of carbonyl (C=O) groups excluding carboxylic acids is 1. The maximum Gasteiger partial charge on any atom is 0.252 e. The molecule has 0 aliphatic heterocycles. The zero-order chi connectivity index (χ0) is 19.9. The smallest absolute Gasteiger partial charge is 0.252 e. The van der Waals surface area contributed by atoms with Gasteiger partial charge in [0.15, 0.2) is 4.80 Å². The minimum atomic E-state index is -0.152. The number of thioether (sulfide) groups is 1. The number of carbonyl (C=O) groups is 1. The summed E-state index contributed by atoms with van der Waals surface area (Å²) in [7, 11) is 1.65. The number of thiazole rings is 1. The third-order valence-electron chi connectivity index (χ3n) is 4.22. The number of ether oxygens (including phenoxy) is 2. The normalized spacial score (nSPS) is 11.8. The Morgan fingerprint density at radius 3 is 2.61 bits per heavy atom. The zero-order valence-electron chi connectivity index (χ0n) is 16.3. The summed E-state index contributed by atoms with van der Waals surface area (Å²) in [6.45, 7) is 3.38. The first kappa shape index (κ1) is 20.5. The third-order valence-corrected chi connectivity index (χ3v) is 5.85. The first-order chi connectivity index (χ1) is 13.6. The van der Waals surface area contributed by atoms with Crippen molar-refractivity contribution >= 4 is 39.2 Å². The maximum absolute atomic E-state index is 12.6. The standard InChI is InChI=1S/C21H24N2O3S2/c1-4-26-16-7-5-15(6-8-16)13-20(24)22-21-23(11-12-27-3)18-10-9-17(25-2)14-19(18)28-21/h5-10,14H,4,11-13H2,1-3H3. The number of benzene rings is 2. The van der Waals surface area contributed by atoms with Crippen LogP contribution >= 0.6 is 23.1 Å². The van der Waals surface area contributed by atoms with Crippen LogP contribution in [0.5, 0.6) is 11.5 Å². The van der Waals surface area contributed by atoms with Crippen molar-refractivity contribution in [3.05, 3.63) is 52.8 Å². The Morgan fingerprint density at radius 2 is 1.93 bits per heavy atom. The minimum absolute atomic E-state index is 0.152. The maximum atomic E-state index is 12.6. The zero-order valence-corrected chi connectivity index (χ0v) is 17.9. The van der Waals surface area contributed by atoms with Gasteiger partial charge in [-0.25, -0.2) is 0 Å². The third kappa shape index (κ3) is 4.97. The summed E-state index contributed by atoms with van der Waals surface area (Å²) in [5.41, 5.74) is 2.00. The fourth-order valence-corrected chi connectivity index (χ4v) is 4.32. The van der Waals surface area contributed by atoms with E-state index in [1.165, 1.54) is 11.3 Å². The van der Waals surface area contributed by atoms with Crippen LogP contribution in [0.2, 0.25) is 0 Å². The molecule has 1 amide bonds. The number of hydrogen-bond acceptors (Lipinski definition) is 5. The number of nitrogens with zero attached hydrogens (tertiary/aromatic N) is 2. The Morgan fingerprint density at radius 1 is 1.18 bits per heavy atom. The highest BCUT2D eigenvalue weighted by atomic mass is 32.2. The quantitative estimate of drug-likeness (QED) is 0.554. The van der Waals surface area contributed by atoms with Crippen molar-refractivity contribution < 1.29 is 14.3 Å². The number of hydrogen-bond donors (Lipinski definition) is 0. The predicted octanol–water partition coefficient (Wildman–Crippen LogP) is 4.14. The van der Waals surface area contributed by atoms with E-state index in [9.17, 15) is 4.79 Å². The largest absolute Gasteiger partial charge is 0.497 e. The van der Waals surface area contributed by atoms with Gasteiger partial charge in [0.05, 0.1) is 30.4 Å². The second-order valence-electron chi connectivity index (χ2n) is 6.12. The van der Waals surface area contributed by atoms with Gasteiger partial charge in [-0.1, -0.05) is 23.5 Å². The molecule has 0 radical (unpaired) electrons. The van der Waals surface area contributed by atoms with Gasteiger partial charge in [0.1, 0.15) is 11.5 Å². The van der Waals surface area contributed by atoms with Crippen LogP contribution in [0.25, 0.3) is 10.2 Å². The number of amides is 1. The van der Waals surface area contributed by atoms with Gasteiger partial charge >= 0.3 is 0 Å². The van der Waals surface area contributed by atoms with Crippen LogP contribution in [0.4, 0.5) is 0 Å². The first-order valence-electron chi connectivity index (χ1n) is 9.10. The Hall–Kier alpha value is -2.25. The molecule has 3 aromatic rings. The van der Waals surface area contributed by atoms with Crippen molar-refractivity contribution in [3.8, 4) is 11.5 Å². The molecule has 2 aromatic carbocycles. The monoisotopic (exact) mass is 416 g/mol. The second-order valence-corrected chi connectivity index (χ2v) is 8.12. The average Bonchev–Trinajstić information content (AvgIpc) is 3.03. The van der Waals surface area contributed by atoms with Gasteiger partial charge < -0.3 is 14.0 Å². The fourth-order valence-electron chi connectivity index (χ4n) is 2.86. The molecule has 0 saturated carbocycles. The van der Waals surface area contributed by atoms with E-state index in [-0.39, 0.29) is 12.3 Å². The topological polar surface area (TPSA) is 52.8 Å². The van der Waals surface area contributed by atoms with Crippen molar-refractivity contribution in [2.24, 2.45) is 4.99 Å². The average molecular weight is 417 g/mol. The lowest BCUT2D eigenvalue weighted by Crippen LogP contribution is -2.18. The lowest BCUT2D eigenvalue weighted by molar-refractivity contribution is -0.117. The summed E-state index contributed by atoms with van der Waals surface area (Å²) in [6, 6.07) is 13.6. The summed E-state index contributed by atoms with van der Waals surface area (Å²) in [5, 5.41) is 0. The van der Waals surface area contributed by atoms with Gasteiger partial charge in [-0.2, -0.15) is 16.8 Å². The molecule has 7 heteroatoms. The van der Waals surface area contributed by atoms with Crippen molar-refractivity contribution in [2.75, 3.05) is 25.7 Å². The lowest BCUT2D eigenvalue weighted by Gasteiger charge is -2.05. The molecule has 148 valence electrons. The Kier molecular flexibility index (Phi) is 7.17. The molecule has 3 rings (SSSR count). The van der Waals surface area contributed by atoms with Crippen LogP contribution in [-0.2, 0) is 17.8 Å². The van der Waals surface area contributed by atoms with Crippen LogP contribution in [0.3, 0.4) is 0 Å². The number of fused-ring (bicyclic) bond motifs is 1. The summed E-state index contributed by atoms with van der Waals surface area (Å²) in [6.07, 6.45) is 2.35. The molecule has 0 saturated heterocycles. The molecule has 0 spiro atoms.